The third-order valence-electron chi connectivity index (χ3n) is 5.51. The van der Waals surface area contributed by atoms with Gasteiger partial charge in [-0.2, -0.15) is 0 Å². The van der Waals surface area contributed by atoms with Crippen LogP contribution in [0.5, 0.6) is 11.5 Å². The number of benzene rings is 2. The van der Waals surface area contributed by atoms with Gasteiger partial charge in [-0.3, -0.25) is 0 Å². The molecule has 0 aliphatic rings. The van der Waals surface area contributed by atoms with Crippen LogP contribution in [0.15, 0.2) is 62.2 Å². The van der Waals surface area contributed by atoms with Gasteiger partial charge < -0.3 is 24.4 Å². The Bertz CT molecular complexity index is 1290. The molecule has 4 rings (SSSR count). The molecule has 3 N–H and O–H groups in total. The van der Waals surface area contributed by atoms with Crippen molar-refractivity contribution >= 4 is 11.0 Å². The summed E-state index contributed by atoms with van der Waals surface area (Å²) in [6.07, 6.45) is 1.61. The Hall–Kier alpha value is -3.51. The van der Waals surface area contributed by atoms with E-state index in [9.17, 15) is 15.0 Å². The average Bonchev–Trinajstić information content (AvgIpc) is 3.19. The first-order valence-electron chi connectivity index (χ1n) is 10.3. The van der Waals surface area contributed by atoms with Gasteiger partial charge in [0.05, 0.1) is 5.56 Å². The monoisotopic (exact) mass is 419 g/mol. The lowest BCUT2D eigenvalue weighted by atomic mass is 10.1. The maximum absolute atomic E-state index is 11.9. The summed E-state index contributed by atoms with van der Waals surface area (Å²) < 4.78 is 11.2. The Labute approximate surface area is 179 Å². The Morgan fingerprint density at radius 2 is 1.68 bits per heavy atom. The summed E-state index contributed by atoms with van der Waals surface area (Å²) in [6.45, 7) is 4.81. The summed E-state index contributed by atoms with van der Waals surface area (Å²) in [7, 11) is 0. The van der Waals surface area contributed by atoms with E-state index in [1.54, 1.807) is 13.0 Å². The molecule has 0 saturated carbocycles. The minimum absolute atomic E-state index is 0.0673. The van der Waals surface area contributed by atoms with E-state index in [1.165, 1.54) is 6.92 Å². The molecule has 0 radical (unpaired) electrons. The van der Waals surface area contributed by atoms with Gasteiger partial charge in [-0.15, -0.1) is 0 Å². The van der Waals surface area contributed by atoms with Crippen LogP contribution in [0.3, 0.4) is 0 Å². The van der Waals surface area contributed by atoms with Gasteiger partial charge in [-0.1, -0.05) is 24.3 Å². The van der Waals surface area contributed by atoms with E-state index in [0.717, 1.165) is 42.4 Å². The first-order chi connectivity index (χ1) is 14.9. The number of nitrogens with one attached hydrogen (secondary N) is 1. The highest BCUT2D eigenvalue weighted by Crippen LogP contribution is 2.33. The SMILES string of the molecule is Cc1c(-c2cc3cc(CCNCCc4ccccc4O)ccc3o2)oc(=O)c(C)c1O. The van der Waals surface area contributed by atoms with Crippen molar-refractivity contribution in [1.82, 2.24) is 5.32 Å². The first kappa shape index (κ1) is 20.8. The van der Waals surface area contributed by atoms with Gasteiger partial charge in [0.2, 0.25) is 0 Å². The Balaban J connectivity index is 1.42. The smallest absolute Gasteiger partial charge is 0.343 e. The highest BCUT2D eigenvalue weighted by Gasteiger charge is 2.18. The quantitative estimate of drug-likeness (QED) is 0.383. The summed E-state index contributed by atoms with van der Waals surface area (Å²) >= 11 is 0. The van der Waals surface area contributed by atoms with Crippen LogP contribution in [0, 0.1) is 13.8 Å². The van der Waals surface area contributed by atoms with E-state index in [4.69, 9.17) is 8.83 Å². The van der Waals surface area contributed by atoms with Gasteiger partial charge in [0.15, 0.2) is 11.5 Å². The number of aromatic hydroxyl groups is 2. The molecule has 0 amide bonds. The van der Waals surface area contributed by atoms with Crippen LogP contribution in [-0.2, 0) is 12.8 Å². The third kappa shape index (κ3) is 4.34. The zero-order valence-corrected chi connectivity index (χ0v) is 17.6. The van der Waals surface area contributed by atoms with E-state index < -0.39 is 5.63 Å². The molecule has 6 heteroatoms. The molecule has 0 atom stereocenters. The summed E-state index contributed by atoms with van der Waals surface area (Å²) in [5.41, 5.74) is 2.87. The van der Waals surface area contributed by atoms with E-state index >= 15 is 0 Å². The fourth-order valence-electron chi connectivity index (χ4n) is 3.63. The largest absolute Gasteiger partial charge is 0.508 e. The van der Waals surface area contributed by atoms with Gasteiger partial charge in [0, 0.05) is 10.9 Å². The lowest BCUT2D eigenvalue weighted by Gasteiger charge is -2.06. The van der Waals surface area contributed by atoms with Gasteiger partial charge in [0.1, 0.15) is 17.1 Å². The lowest BCUT2D eigenvalue weighted by molar-refractivity contribution is 0.433. The van der Waals surface area contributed by atoms with E-state index in [0.29, 0.717) is 22.7 Å². The van der Waals surface area contributed by atoms with Crippen molar-refractivity contribution in [2.75, 3.05) is 13.1 Å². The number of fused-ring (bicyclic) bond motifs is 1. The number of phenols is 1. The molecule has 0 bridgehead atoms. The predicted molar refractivity (Wildman–Crippen MR) is 120 cm³/mol. The fraction of sp³-hybridized carbons (Fsp3) is 0.240. The zero-order valence-electron chi connectivity index (χ0n) is 17.6. The molecule has 0 unspecified atom stereocenters. The van der Waals surface area contributed by atoms with Gasteiger partial charge in [-0.05, 0) is 75.2 Å². The predicted octanol–water partition coefficient (Wildman–Crippen LogP) is 4.46. The van der Waals surface area contributed by atoms with Crippen LogP contribution >= 0.6 is 0 Å². The topological polar surface area (TPSA) is 95.8 Å². The molecular weight excluding hydrogens is 394 g/mol. The molecule has 2 aromatic carbocycles. The Morgan fingerprint density at radius 1 is 0.903 bits per heavy atom. The maximum Gasteiger partial charge on any atom is 0.343 e. The van der Waals surface area contributed by atoms with E-state index in [-0.39, 0.29) is 17.1 Å². The number of para-hydroxylation sites is 1. The van der Waals surface area contributed by atoms with Crippen molar-refractivity contribution in [3.8, 4) is 23.0 Å². The van der Waals surface area contributed by atoms with Crippen LogP contribution in [0.2, 0.25) is 0 Å². The number of hydrogen-bond acceptors (Lipinski definition) is 6. The summed E-state index contributed by atoms with van der Waals surface area (Å²) in [6, 6.07) is 15.2. The normalized spacial score (nSPS) is 11.3. The minimum Gasteiger partial charge on any atom is -0.508 e. The summed E-state index contributed by atoms with van der Waals surface area (Å²) in [4.78, 5) is 11.9. The van der Waals surface area contributed by atoms with Crippen molar-refractivity contribution in [3.05, 3.63) is 81.2 Å². The molecule has 31 heavy (non-hydrogen) atoms. The molecule has 160 valence electrons. The first-order valence-corrected chi connectivity index (χ1v) is 10.3. The maximum atomic E-state index is 11.9. The average molecular weight is 419 g/mol. The molecule has 0 spiro atoms. The highest BCUT2D eigenvalue weighted by atomic mass is 16.4. The number of rotatable bonds is 7. The van der Waals surface area contributed by atoms with Gasteiger partial charge in [-0.25, -0.2) is 4.79 Å². The number of phenolic OH excluding ortho intramolecular Hbond substituents is 1. The molecule has 2 heterocycles. The molecule has 0 aliphatic carbocycles. The van der Waals surface area contributed by atoms with Crippen molar-refractivity contribution in [1.29, 1.82) is 0 Å². The van der Waals surface area contributed by atoms with Gasteiger partial charge >= 0.3 is 5.63 Å². The zero-order chi connectivity index (χ0) is 22.0. The number of furan rings is 1. The van der Waals surface area contributed by atoms with Crippen molar-refractivity contribution in [3.63, 3.8) is 0 Å². The van der Waals surface area contributed by atoms with Crippen LogP contribution in [-0.4, -0.2) is 23.3 Å². The molecule has 4 aromatic rings. The minimum atomic E-state index is -0.575. The number of hydrogen-bond donors (Lipinski definition) is 3. The van der Waals surface area contributed by atoms with Gasteiger partial charge in [0.25, 0.3) is 0 Å². The van der Waals surface area contributed by atoms with Crippen LogP contribution in [0.4, 0.5) is 0 Å². The molecular formula is C25H25NO5. The molecule has 0 aliphatic heterocycles. The Kier molecular flexibility index (Phi) is 5.82. The second-order valence-corrected chi connectivity index (χ2v) is 7.68. The Morgan fingerprint density at radius 3 is 2.48 bits per heavy atom. The molecule has 6 nitrogen and oxygen atoms in total. The van der Waals surface area contributed by atoms with Crippen LogP contribution in [0.25, 0.3) is 22.5 Å². The second kappa shape index (κ2) is 8.70. The van der Waals surface area contributed by atoms with Crippen molar-refractivity contribution in [2.24, 2.45) is 0 Å². The third-order valence-corrected chi connectivity index (χ3v) is 5.51. The lowest BCUT2D eigenvalue weighted by Crippen LogP contribution is -2.20. The van der Waals surface area contributed by atoms with Crippen LogP contribution < -0.4 is 10.9 Å². The van der Waals surface area contributed by atoms with Crippen LogP contribution in [0.1, 0.15) is 22.3 Å². The molecule has 0 fully saturated rings. The van der Waals surface area contributed by atoms with Crippen molar-refractivity contribution < 1.29 is 19.0 Å². The van der Waals surface area contributed by atoms with E-state index in [2.05, 4.69) is 11.4 Å². The summed E-state index contributed by atoms with van der Waals surface area (Å²) in [5, 5.41) is 24.3. The van der Waals surface area contributed by atoms with Crippen molar-refractivity contribution in [2.45, 2.75) is 26.7 Å². The standard InChI is InChI=1S/C25H25NO5/c1-15-23(28)16(2)25(29)31-24(15)22-14-19-13-17(7-8-21(19)30-22)9-11-26-12-10-18-5-3-4-6-20(18)27/h3-8,13-14,26-28H,9-12H2,1-2H3. The fourth-order valence-corrected chi connectivity index (χ4v) is 3.63. The molecule has 0 saturated heterocycles. The highest BCUT2D eigenvalue weighted by molar-refractivity contribution is 5.83. The second-order valence-electron chi connectivity index (χ2n) is 7.68. The molecule has 2 aromatic heterocycles. The summed E-state index contributed by atoms with van der Waals surface area (Å²) in [5.74, 6) is 0.926. The van der Waals surface area contributed by atoms with E-state index in [1.807, 2.05) is 36.4 Å².